The summed E-state index contributed by atoms with van der Waals surface area (Å²) >= 11 is 0. The maximum atomic E-state index is 12.4. The van der Waals surface area contributed by atoms with Crippen LogP contribution in [-0.4, -0.2) is 35.0 Å². The van der Waals surface area contributed by atoms with E-state index in [2.05, 4.69) is 13.8 Å². The number of amides is 1. The maximum absolute atomic E-state index is 12.4. The van der Waals surface area contributed by atoms with Gasteiger partial charge in [0.25, 0.3) is 5.91 Å². The van der Waals surface area contributed by atoms with Crippen LogP contribution in [0.2, 0.25) is 0 Å². The van der Waals surface area contributed by atoms with Crippen LogP contribution in [0.1, 0.15) is 29.8 Å². The average Bonchev–Trinajstić information content (AvgIpc) is 2.76. The van der Waals surface area contributed by atoms with Crippen molar-refractivity contribution in [3.63, 3.8) is 0 Å². The molecule has 0 spiro atoms. The molecule has 0 bridgehead atoms. The summed E-state index contributed by atoms with van der Waals surface area (Å²) in [6.07, 6.45) is 2.57. The van der Waals surface area contributed by atoms with E-state index in [0.29, 0.717) is 17.4 Å². The molecule has 1 aliphatic heterocycles. The Labute approximate surface area is 118 Å². The van der Waals surface area contributed by atoms with Gasteiger partial charge in [-0.3, -0.25) is 4.79 Å². The normalized spacial score (nSPS) is 22.4. The van der Waals surface area contributed by atoms with Gasteiger partial charge in [0.05, 0.1) is 0 Å². The Morgan fingerprint density at radius 1 is 1.25 bits per heavy atom. The largest absolute Gasteiger partial charge is 0.478 e. The molecule has 1 heterocycles. The molecule has 1 saturated heterocycles. The van der Waals surface area contributed by atoms with Crippen LogP contribution < -0.4 is 0 Å². The summed E-state index contributed by atoms with van der Waals surface area (Å²) in [5.41, 5.74) is 1.33. The zero-order valence-corrected chi connectivity index (χ0v) is 11.7. The van der Waals surface area contributed by atoms with Crippen molar-refractivity contribution in [3.05, 3.63) is 41.5 Å². The van der Waals surface area contributed by atoms with Crippen LogP contribution in [0.25, 0.3) is 6.08 Å². The summed E-state index contributed by atoms with van der Waals surface area (Å²) in [6.45, 7) is 5.89. The first-order valence-electron chi connectivity index (χ1n) is 6.77. The Balaban J connectivity index is 2.15. The van der Waals surface area contributed by atoms with Gasteiger partial charge in [-0.15, -0.1) is 0 Å². The molecule has 20 heavy (non-hydrogen) atoms. The number of carbonyl (C=O) groups is 2. The summed E-state index contributed by atoms with van der Waals surface area (Å²) in [5.74, 6) is 0.0683. The fourth-order valence-electron chi connectivity index (χ4n) is 2.42. The number of nitrogens with zero attached hydrogens (tertiary/aromatic N) is 1. The molecule has 106 valence electrons. The predicted octanol–water partition coefficient (Wildman–Crippen LogP) is 2.51. The van der Waals surface area contributed by atoms with E-state index in [-0.39, 0.29) is 5.91 Å². The number of hydrogen-bond donors (Lipinski definition) is 1. The number of carboxylic acid groups (broad SMARTS) is 1. The summed E-state index contributed by atoms with van der Waals surface area (Å²) in [4.78, 5) is 24.8. The summed E-state index contributed by atoms with van der Waals surface area (Å²) in [6, 6.07) is 7.06. The third-order valence-electron chi connectivity index (χ3n) is 3.83. The molecule has 1 aromatic carbocycles. The van der Waals surface area contributed by atoms with Crippen molar-refractivity contribution in [1.29, 1.82) is 0 Å². The van der Waals surface area contributed by atoms with Crippen LogP contribution in [0, 0.1) is 11.8 Å². The minimum Gasteiger partial charge on any atom is -0.478 e. The molecule has 0 aromatic heterocycles. The Morgan fingerprint density at radius 2 is 1.90 bits per heavy atom. The SMILES string of the molecule is CC1CN(C(=O)c2cccc(C=CC(=O)O)c2)CC1C. The number of hydrogen-bond acceptors (Lipinski definition) is 2. The molecule has 0 saturated carbocycles. The molecular weight excluding hydrogens is 254 g/mol. The van der Waals surface area contributed by atoms with Crippen LogP contribution >= 0.6 is 0 Å². The van der Waals surface area contributed by atoms with E-state index in [0.717, 1.165) is 24.7 Å². The van der Waals surface area contributed by atoms with Gasteiger partial charge in [-0.2, -0.15) is 0 Å². The summed E-state index contributed by atoms with van der Waals surface area (Å²) in [7, 11) is 0. The molecule has 1 aliphatic rings. The maximum Gasteiger partial charge on any atom is 0.328 e. The highest BCUT2D eigenvalue weighted by molar-refractivity contribution is 5.95. The number of carbonyl (C=O) groups excluding carboxylic acids is 1. The second-order valence-electron chi connectivity index (χ2n) is 5.46. The average molecular weight is 273 g/mol. The van der Waals surface area contributed by atoms with Gasteiger partial charge in [-0.05, 0) is 35.6 Å². The molecule has 2 atom stereocenters. The Hall–Kier alpha value is -2.10. The minimum atomic E-state index is -0.996. The zero-order chi connectivity index (χ0) is 14.7. The van der Waals surface area contributed by atoms with Gasteiger partial charge in [-0.1, -0.05) is 26.0 Å². The number of likely N-dealkylation sites (tertiary alicyclic amines) is 1. The fourth-order valence-corrected chi connectivity index (χ4v) is 2.42. The van der Waals surface area contributed by atoms with E-state index in [1.54, 1.807) is 24.3 Å². The van der Waals surface area contributed by atoms with Crippen LogP contribution in [-0.2, 0) is 4.79 Å². The highest BCUT2D eigenvalue weighted by Crippen LogP contribution is 2.24. The zero-order valence-electron chi connectivity index (χ0n) is 11.7. The minimum absolute atomic E-state index is 0.0202. The van der Waals surface area contributed by atoms with Crippen molar-refractivity contribution in [2.24, 2.45) is 11.8 Å². The molecule has 2 rings (SSSR count). The van der Waals surface area contributed by atoms with Crippen molar-refractivity contribution in [3.8, 4) is 0 Å². The lowest BCUT2D eigenvalue weighted by atomic mass is 10.0. The molecule has 4 heteroatoms. The highest BCUT2D eigenvalue weighted by atomic mass is 16.4. The van der Waals surface area contributed by atoms with E-state index in [1.807, 2.05) is 4.90 Å². The van der Waals surface area contributed by atoms with Crippen LogP contribution in [0.4, 0.5) is 0 Å². The monoisotopic (exact) mass is 273 g/mol. The van der Waals surface area contributed by atoms with Crippen molar-refractivity contribution in [2.45, 2.75) is 13.8 Å². The third kappa shape index (κ3) is 3.26. The van der Waals surface area contributed by atoms with Crippen LogP contribution in [0.5, 0.6) is 0 Å². The first-order valence-corrected chi connectivity index (χ1v) is 6.77. The van der Waals surface area contributed by atoms with Gasteiger partial charge >= 0.3 is 5.97 Å². The summed E-state index contributed by atoms with van der Waals surface area (Å²) in [5, 5.41) is 8.62. The van der Waals surface area contributed by atoms with Crippen LogP contribution in [0.15, 0.2) is 30.3 Å². The lowest BCUT2D eigenvalue weighted by molar-refractivity contribution is -0.131. The number of aliphatic carboxylic acids is 1. The lowest BCUT2D eigenvalue weighted by Gasteiger charge is -2.16. The summed E-state index contributed by atoms with van der Waals surface area (Å²) < 4.78 is 0. The Kier molecular flexibility index (Phi) is 4.23. The van der Waals surface area contributed by atoms with Gasteiger partial charge in [0.2, 0.25) is 0 Å². The first kappa shape index (κ1) is 14.3. The van der Waals surface area contributed by atoms with E-state index in [4.69, 9.17) is 5.11 Å². The molecule has 1 N–H and O–H groups in total. The van der Waals surface area contributed by atoms with Crippen molar-refractivity contribution < 1.29 is 14.7 Å². The molecule has 1 aromatic rings. The van der Waals surface area contributed by atoms with Gasteiger partial charge < -0.3 is 10.0 Å². The highest BCUT2D eigenvalue weighted by Gasteiger charge is 2.29. The molecule has 0 radical (unpaired) electrons. The lowest BCUT2D eigenvalue weighted by Crippen LogP contribution is -2.28. The van der Waals surface area contributed by atoms with Crippen molar-refractivity contribution >= 4 is 18.0 Å². The quantitative estimate of drug-likeness (QED) is 0.861. The number of carboxylic acids is 1. The van der Waals surface area contributed by atoms with Gasteiger partial charge in [-0.25, -0.2) is 4.79 Å². The topological polar surface area (TPSA) is 57.6 Å². The fraction of sp³-hybridized carbons (Fsp3) is 0.375. The molecule has 0 aliphatic carbocycles. The van der Waals surface area contributed by atoms with E-state index in [9.17, 15) is 9.59 Å². The standard InChI is InChI=1S/C16H19NO3/c1-11-9-17(10-12(11)2)16(20)14-5-3-4-13(8-14)6-7-15(18)19/h3-8,11-12H,9-10H2,1-2H3,(H,18,19). The number of benzene rings is 1. The predicted molar refractivity (Wildman–Crippen MR) is 77.3 cm³/mol. The molecule has 1 amide bonds. The smallest absolute Gasteiger partial charge is 0.328 e. The molecule has 2 unspecified atom stereocenters. The van der Waals surface area contributed by atoms with E-state index in [1.165, 1.54) is 6.08 Å². The Morgan fingerprint density at radius 3 is 2.50 bits per heavy atom. The first-order chi connectivity index (χ1) is 9.47. The molecule has 4 nitrogen and oxygen atoms in total. The molecular formula is C16H19NO3. The van der Waals surface area contributed by atoms with Crippen molar-refractivity contribution in [2.75, 3.05) is 13.1 Å². The second kappa shape index (κ2) is 5.90. The second-order valence-corrected chi connectivity index (χ2v) is 5.46. The van der Waals surface area contributed by atoms with Gasteiger partial charge in [0.1, 0.15) is 0 Å². The Bertz CT molecular complexity index is 540. The van der Waals surface area contributed by atoms with Crippen molar-refractivity contribution in [1.82, 2.24) is 4.90 Å². The third-order valence-corrected chi connectivity index (χ3v) is 3.83. The van der Waals surface area contributed by atoms with Crippen LogP contribution in [0.3, 0.4) is 0 Å². The number of rotatable bonds is 3. The van der Waals surface area contributed by atoms with E-state index < -0.39 is 5.97 Å². The van der Waals surface area contributed by atoms with Gasteiger partial charge in [0.15, 0.2) is 0 Å². The van der Waals surface area contributed by atoms with Gasteiger partial charge in [0, 0.05) is 24.7 Å². The molecule has 1 fully saturated rings. The van der Waals surface area contributed by atoms with E-state index >= 15 is 0 Å².